The molecule has 0 spiro atoms. The number of aliphatic hydroxyl groups is 1. The van der Waals surface area contributed by atoms with Crippen molar-refractivity contribution in [3.8, 4) is 0 Å². The number of hydrogen-bond donors (Lipinski definition) is 1. The van der Waals surface area contributed by atoms with Gasteiger partial charge in [0.05, 0.1) is 5.56 Å². The van der Waals surface area contributed by atoms with Crippen LogP contribution in [0.3, 0.4) is 0 Å². The van der Waals surface area contributed by atoms with Crippen LogP contribution in [0.4, 0.5) is 17.6 Å². The second-order valence-corrected chi connectivity index (χ2v) is 4.77. The number of benzene rings is 2. The van der Waals surface area contributed by atoms with E-state index >= 15 is 0 Å². The van der Waals surface area contributed by atoms with Crippen molar-refractivity contribution in [3.63, 3.8) is 0 Å². The van der Waals surface area contributed by atoms with Gasteiger partial charge in [-0.1, -0.05) is 37.3 Å². The Morgan fingerprint density at radius 3 is 2.10 bits per heavy atom. The summed E-state index contributed by atoms with van der Waals surface area (Å²) in [4.78, 5) is 0. The largest absolute Gasteiger partial charge is 0.416 e. The quantitative estimate of drug-likeness (QED) is 0.828. The fourth-order valence-electron chi connectivity index (χ4n) is 2.39. The lowest BCUT2D eigenvalue weighted by Crippen LogP contribution is -2.29. The van der Waals surface area contributed by atoms with E-state index in [4.69, 9.17) is 0 Å². The highest BCUT2D eigenvalue weighted by Gasteiger charge is 2.40. The van der Waals surface area contributed by atoms with Crippen molar-refractivity contribution >= 4 is 0 Å². The molecule has 2 rings (SSSR count). The smallest absolute Gasteiger partial charge is 0.380 e. The summed E-state index contributed by atoms with van der Waals surface area (Å²) in [6.07, 6.45) is -4.60. The third kappa shape index (κ3) is 2.93. The third-order valence-corrected chi connectivity index (χ3v) is 3.49. The summed E-state index contributed by atoms with van der Waals surface area (Å²) < 4.78 is 52.7. The molecule has 1 atom stereocenters. The number of halogens is 4. The third-order valence-electron chi connectivity index (χ3n) is 3.49. The fourth-order valence-corrected chi connectivity index (χ4v) is 2.39. The van der Waals surface area contributed by atoms with Gasteiger partial charge in [0.2, 0.25) is 0 Å². The molecule has 0 aliphatic rings. The van der Waals surface area contributed by atoms with Crippen molar-refractivity contribution in [2.45, 2.75) is 25.1 Å². The minimum absolute atomic E-state index is 0.0104. The van der Waals surface area contributed by atoms with E-state index in [1.165, 1.54) is 36.4 Å². The Balaban J connectivity index is 2.67. The lowest BCUT2D eigenvalue weighted by atomic mass is 9.81. The maximum Gasteiger partial charge on any atom is 0.416 e. The number of rotatable bonds is 3. The molecular weight excluding hydrogens is 284 g/mol. The van der Waals surface area contributed by atoms with Gasteiger partial charge in [-0.15, -0.1) is 0 Å². The minimum Gasteiger partial charge on any atom is -0.380 e. The lowest BCUT2D eigenvalue weighted by Gasteiger charge is -2.30. The molecular formula is C16H14F4O. The van der Waals surface area contributed by atoms with Crippen molar-refractivity contribution in [1.29, 1.82) is 0 Å². The summed E-state index contributed by atoms with van der Waals surface area (Å²) in [6, 6.07) is 9.82. The molecule has 0 aliphatic carbocycles. The van der Waals surface area contributed by atoms with Crippen molar-refractivity contribution in [2.24, 2.45) is 0 Å². The lowest BCUT2D eigenvalue weighted by molar-refractivity contribution is -0.140. The fraction of sp³-hybridized carbons (Fsp3) is 0.250. The van der Waals surface area contributed by atoms with Crippen LogP contribution in [0.1, 0.15) is 30.0 Å². The Morgan fingerprint density at radius 1 is 0.952 bits per heavy atom. The summed E-state index contributed by atoms with van der Waals surface area (Å²) >= 11 is 0. The zero-order valence-electron chi connectivity index (χ0n) is 11.3. The minimum atomic E-state index is -4.59. The molecule has 0 saturated heterocycles. The van der Waals surface area contributed by atoms with Gasteiger partial charge in [0, 0.05) is 5.56 Å². The van der Waals surface area contributed by atoms with Crippen LogP contribution in [0.2, 0.25) is 0 Å². The standard InChI is InChI=1S/C16H14F4O/c1-2-15(21,11-6-5-7-12(17)10-11)13-8-3-4-9-14(13)16(18,19)20/h3-10,21H,2H2,1H3. The average molecular weight is 298 g/mol. The van der Waals surface area contributed by atoms with E-state index in [2.05, 4.69) is 0 Å². The molecule has 0 saturated carbocycles. The van der Waals surface area contributed by atoms with Gasteiger partial charge in [-0.25, -0.2) is 4.39 Å². The topological polar surface area (TPSA) is 20.2 Å². The van der Waals surface area contributed by atoms with Gasteiger partial charge in [0.25, 0.3) is 0 Å². The summed E-state index contributed by atoms with van der Waals surface area (Å²) in [7, 11) is 0. The van der Waals surface area contributed by atoms with Crippen LogP contribution in [-0.4, -0.2) is 5.11 Å². The summed E-state index contributed by atoms with van der Waals surface area (Å²) in [6.45, 7) is 1.55. The van der Waals surface area contributed by atoms with Crippen molar-refractivity contribution in [1.82, 2.24) is 0 Å². The van der Waals surface area contributed by atoms with Gasteiger partial charge in [0.1, 0.15) is 11.4 Å². The molecule has 0 radical (unpaired) electrons. The first kappa shape index (κ1) is 15.5. The molecule has 5 heteroatoms. The zero-order valence-corrected chi connectivity index (χ0v) is 11.3. The second kappa shape index (κ2) is 5.48. The SMILES string of the molecule is CCC(O)(c1cccc(F)c1)c1ccccc1C(F)(F)F. The van der Waals surface area contributed by atoms with Crippen LogP contribution >= 0.6 is 0 Å². The van der Waals surface area contributed by atoms with E-state index in [9.17, 15) is 22.7 Å². The zero-order chi connectivity index (χ0) is 15.7. The highest BCUT2D eigenvalue weighted by atomic mass is 19.4. The van der Waals surface area contributed by atoms with E-state index in [1.807, 2.05) is 0 Å². The van der Waals surface area contributed by atoms with Crippen molar-refractivity contribution in [3.05, 3.63) is 71.0 Å². The molecule has 0 amide bonds. The average Bonchev–Trinajstić information content (AvgIpc) is 2.45. The van der Waals surface area contributed by atoms with Gasteiger partial charge in [-0.05, 0) is 30.2 Å². The molecule has 2 aromatic carbocycles. The number of hydrogen-bond acceptors (Lipinski definition) is 1. The molecule has 1 nitrogen and oxygen atoms in total. The van der Waals surface area contributed by atoms with Crippen LogP contribution < -0.4 is 0 Å². The first-order valence-corrected chi connectivity index (χ1v) is 6.44. The van der Waals surface area contributed by atoms with E-state index in [0.29, 0.717) is 0 Å². The van der Waals surface area contributed by atoms with Crippen LogP contribution in [-0.2, 0) is 11.8 Å². The Labute approximate surface area is 119 Å². The number of alkyl halides is 3. The maximum atomic E-state index is 13.4. The van der Waals surface area contributed by atoms with E-state index in [1.54, 1.807) is 6.92 Å². The first-order chi connectivity index (χ1) is 9.79. The molecule has 0 aromatic heterocycles. The highest BCUT2D eigenvalue weighted by Crippen LogP contribution is 2.41. The molecule has 0 heterocycles. The first-order valence-electron chi connectivity index (χ1n) is 6.44. The Kier molecular flexibility index (Phi) is 4.05. The predicted molar refractivity (Wildman–Crippen MR) is 71.1 cm³/mol. The van der Waals surface area contributed by atoms with Crippen LogP contribution in [0.5, 0.6) is 0 Å². The molecule has 2 aromatic rings. The van der Waals surface area contributed by atoms with Crippen molar-refractivity contribution < 1.29 is 22.7 Å². The molecule has 21 heavy (non-hydrogen) atoms. The maximum absolute atomic E-state index is 13.4. The Bertz CT molecular complexity index is 636. The molecule has 112 valence electrons. The van der Waals surface area contributed by atoms with Gasteiger partial charge < -0.3 is 5.11 Å². The normalized spacial score (nSPS) is 14.8. The van der Waals surface area contributed by atoms with E-state index < -0.39 is 23.2 Å². The van der Waals surface area contributed by atoms with Gasteiger partial charge in [-0.2, -0.15) is 13.2 Å². The monoisotopic (exact) mass is 298 g/mol. The highest BCUT2D eigenvalue weighted by molar-refractivity contribution is 5.42. The summed E-state index contributed by atoms with van der Waals surface area (Å²) in [5.74, 6) is -0.608. The molecule has 1 unspecified atom stereocenters. The molecule has 0 aliphatic heterocycles. The molecule has 0 fully saturated rings. The predicted octanol–water partition coefficient (Wildman–Crippen LogP) is 4.49. The van der Waals surface area contributed by atoms with Gasteiger partial charge in [-0.3, -0.25) is 0 Å². The summed E-state index contributed by atoms with van der Waals surface area (Å²) in [5, 5.41) is 10.8. The molecule has 1 N–H and O–H groups in total. The Morgan fingerprint density at radius 2 is 1.57 bits per heavy atom. The molecule has 0 bridgehead atoms. The van der Waals surface area contributed by atoms with Crippen LogP contribution in [0.25, 0.3) is 0 Å². The van der Waals surface area contributed by atoms with Crippen molar-refractivity contribution in [2.75, 3.05) is 0 Å². The van der Waals surface area contributed by atoms with Gasteiger partial charge >= 0.3 is 6.18 Å². The summed E-state index contributed by atoms with van der Waals surface area (Å²) in [5.41, 5.74) is -2.99. The van der Waals surface area contributed by atoms with Crippen LogP contribution in [0, 0.1) is 5.82 Å². The Hall–Kier alpha value is -1.88. The van der Waals surface area contributed by atoms with E-state index in [0.717, 1.165) is 12.1 Å². The van der Waals surface area contributed by atoms with Crippen LogP contribution in [0.15, 0.2) is 48.5 Å². The van der Waals surface area contributed by atoms with E-state index in [-0.39, 0.29) is 17.5 Å². The second-order valence-electron chi connectivity index (χ2n) is 4.77. The van der Waals surface area contributed by atoms with Gasteiger partial charge in [0.15, 0.2) is 0 Å².